The second-order valence-corrected chi connectivity index (χ2v) is 28.0. The molecule has 2 saturated carbocycles. The number of aliphatic hydroxyl groups excluding tert-OH is 1. The number of H-pyrrole nitrogens is 1. The van der Waals surface area contributed by atoms with Gasteiger partial charge in [0.05, 0.1) is 40.9 Å². The number of likely N-dealkylation sites (tertiary alicyclic amines) is 1. The van der Waals surface area contributed by atoms with E-state index < -0.39 is 90.5 Å². The third-order valence-corrected chi connectivity index (χ3v) is 19.5. The van der Waals surface area contributed by atoms with Crippen LogP contribution in [0.3, 0.4) is 0 Å². The van der Waals surface area contributed by atoms with Crippen LogP contribution >= 0.6 is 18.9 Å². The Morgan fingerprint density at radius 3 is 2.18 bits per heavy atom. The summed E-state index contributed by atoms with van der Waals surface area (Å²) >= 11 is 1.56. The van der Waals surface area contributed by atoms with Crippen LogP contribution in [0.4, 0.5) is 0 Å². The Morgan fingerprint density at radius 1 is 0.874 bits per heavy atom. The highest BCUT2D eigenvalue weighted by molar-refractivity contribution is 7.70. The van der Waals surface area contributed by atoms with E-state index in [4.69, 9.17) is 10.5 Å². The standard InChI is InChI=1S/C63H80N9O13PS/c1-33(2)25-46(69-56(76)45-27-41-26-40(21-22-44(41)67-45)61(81)86(82,83)84)59(79)72-52(50-51-55(72)63(50,51)8)58(78)68-43(23-24-48(64)74)35(4)85-31-38-15-13-36(14-16-38)11-9-10-12-49(75)70-54(62(5,6)7)60(80)71-30-42(73)28-47(71)57(77)65-29-37-17-19-39(20-18-37)53-34(3)66-32-87-53/h13-22,26-27,32-33,35,42-43,46-47,50-52,54-55,67,73H,9-12,23-25,28-31H2,1-8H3,(H2,64,74)(H,65,77)(H,68,78)(H,69,76)(H,70,75)(H2,82,83,84)/t35-,42-,43+,46+,47+,50-,51+,52+,54-,55?,63+/m1/s1. The summed E-state index contributed by atoms with van der Waals surface area (Å²) in [5.74, 6) is -3.06. The predicted octanol–water partition coefficient (Wildman–Crippen LogP) is 5.79. The molecule has 22 nitrogen and oxygen atoms in total. The van der Waals surface area contributed by atoms with Gasteiger partial charge in [-0.2, -0.15) is 0 Å². The van der Waals surface area contributed by atoms with Crippen LogP contribution in [0.15, 0.2) is 78.3 Å². The third-order valence-electron chi connectivity index (χ3n) is 17.7. The highest BCUT2D eigenvalue weighted by Crippen LogP contribution is 2.87. The third kappa shape index (κ3) is 14.4. The number of rotatable bonds is 27. The number of aromatic nitrogens is 2. The van der Waals surface area contributed by atoms with Crippen LogP contribution in [-0.4, -0.2) is 137 Å². The van der Waals surface area contributed by atoms with E-state index in [0.717, 1.165) is 32.8 Å². The van der Waals surface area contributed by atoms with E-state index in [-0.39, 0.29) is 104 Å². The Balaban J connectivity index is 0.745. The molecule has 3 aromatic carbocycles. The maximum atomic E-state index is 14.7. The molecule has 87 heavy (non-hydrogen) atoms. The van der Waals surface area contributed by atoms with Crippen LogP contribution in [0.25, 0.3) is 21.3 Å². The van der Waals surface area contributed by atoms with Gasteiger partial charge in [0.15, 0.2) is 0 Å². The van der Waals surface area contributed by atoms with Gasteiger partial charge in [-0.1, -0.05) is 90.1 Å². The molecule has 5 aromatic rings. The average Bonchev–Trinajstić information content (AvgIpc) is 1.42. The first-order valence-electron chi connectivity index (χ1n) is 29.7. The van der Waals surface area contributed by atoms with Crippen molar-refractivity contribution in [3.63, 3.8) is 0 Å². The zero-order valence-corrected chi connectivity index (χ0v) is 52.0. The first-order valence-corrected chi connectivity index (χ1v) is 32.2. The van der Waals surface area contributed by atoms with Crippen LogP contribution in [0.1, 0.15) is 137 Å². The second-order valence-electron chi connectivity index (χ2n) is 25.6. The number of ether oxygens (including phenoxy) is 1. The monoisotopic (exact) mass is 1230 g/mol. The van der Waals surface area contributed by atoms with Crippen LogP contribution in [0.2, 0.25) is 0 Å². The van der Waals surface area contributed by atoms with Gasteiger partial charge in [-0.15, -0.1) is 11.3 Å². The quantitative estimate of drug-likeness (QED) is 0.0222. The van der Waals surface area contributed by atoms with Gasteiger partial charge < -0.3 is 61.4 Å². The lowest BCUT2D eigenvalue weighted by molar-refractivity contribution is -0.144. The number of carbonyl (C=O) groups is 8. The van der Waals surface area contributed by atoms with Gasteiger partial charge in [0.1, 0.15) is 29.9 Å². The summed E-state index contributed by atoms with van der Waals surface area (Å²) < 4.78 is 17.9. The van der Waals surface area contributed by atoms with E-state index in [1.165, 1.54) is 29.2 Å². The number of thiazole rings is 1. The number of amides is 7. The lowest BCUT2D eigenvalue weighted by Crippen LogP contribution is -2.57. The van der Waals surface area contributed by atoms with Crippen molar-refractivity contribution in [2.45, 2.75) is 168 Å². The molecule has 5 fully saturated rings. The topological polar surface area (TPSA) is 333 Å². The molecule has 2 aromatic heterocycles. The fraction of sp³-hybridized carbons (Fsp3) is 0.508. The Kier molecular flexibility index (Phi) is 19.2. The molecule has 24 heteroatoms. The minimum atomic E-state index is -5.05. The molecule has 2 aliphatic carbocycles. The number of fused-ring (bicyclic) bond motifs is 2. The number of nitrogens with zero attached hydrogens (tertiary/aromatic N) is 3. The normalized spacial score (nSPS) is 22.5. The number of hydrogen-bond acceptors (Lipinski definition) is 13. The van der Waals surface area contributed by atoms with Crippen molar-refractivity contribution in [3.05, 3.63) is 112 Å². The number of nitrogens with one attached hydrogen (secondary N) is 5. The van der Waals surface area contributed by atoms with Crippen LogP contribution < -0.4 is 27.0 Å². The molecule has 5 aliphatic rings. The minimum Gasteiger partial charge on any atom is -0.391 e. The van der Waals surface area contributed by atoms with Crippen molar-refractivity contribution >= 4 is 76.7 Å². The number of benzene rings is 3. The van der Waals surface area contributed by atoms with E-state index in [2.05, 4.69) is 38.2 Å². The molecular formula is C63H80N9O13PS. The van der Waals surface area contributed by atoms with E-state index in [0.29, 0.717) is 30.2 Å². The lowest BCUT2D eigenvalue weighted by atomic mass is 9.85. The number of aromatic amines is 1. The molecule has 3 aliphatic heterocycles. The maximum Gasteiger partial charge on any atom is 0.396 e. The summed E-state index contributed by atoms with van der Waals surface area (Å²) in [4.78, 5) is 139. The van der Waals surface area contributed by atoms with E-state index in [9.17, 15) is 57.8 Å². The molecule has 2 bridgehead atoms. The summed E-state index contributed by atoms with van der Waals surface area (Å²) in [5.41, 5.74) is 10.1. The maximum absolute atomic E-state index is 14.7. The summed E-state index contributed by atoms with van der Waals surface area (Å²) in [7, 11) is -5.05. The van der Waals surface area contributed by atoms with E-state index in [1.54, 1.807) is 28.7 Å². The molecule has 7 amide bonds. The molecule has 1 unspecified atom stereocenters. The van der Waals surface area contributed by atoms with Crippen LogP contribution in [0, 0.1) is 35.5 Å². The molecule has 0 spiro atoms. The van der Waals surface area contributed by atoms with Crippen molar-refractivity contribution < 1.29 is 62.6 Å². The smallest absolute Gasteiger partial charge is 0.391 e. The van der Waals surface area contributed by atoms with Gasteiger partial charge in [0.2, 0.25) is 35.4 Å². The summed E-state index contributed by atoms with van der Waals surface area (Å²) in [5, 5.41) is 22.9. The minimum absolute atomic E-state index is 0.0259. The molecule has 10 rings (SSSR count). The first kappa shape index (κ1) is 64.3. The number of aliphatic hydroxyl groups is 1. The second kappa shape index (κ2) is 25.9. The SMILES string of the molecule is Cc1ncsc1-c1ccc(CNC(=O)[C@@H]2C[C@@H](O)CN2C(=O)[C@@H](NC(=O)CCCCc2ccc(CO[C@H](C)[C@H](CCC(N)=O)NC(=O)[C@@H]3[C@H]4[C@H]5C(N3C(=O)[C@H](CC(C)C)NC(=O)c3cc6cc(C(=O)P(=O)(O)O)ccc6[nH]3)[C@@]45C)cc2)C(C)(C)C)cc1. The first-order chi connectivity index (χ1) is 41.0. The Hall–Kier alpha value is -7.14. The summed E-state index contributed by atoms with van der Waals surface area (Å²) in [6.45, 7) is 15.6. The summed E-state index contributed by atoms with van der Waals surface area (Å²) in [6, 6.07) is 16.5. The van der Waals surface area contributed by atoms with E-state index >= 15 is 0 Å². The van der Waals surface area contributed by atoms with Gasteiger partial charge in [0.25, 0.3) is 11.4 Å². The van der Waals surface area contributed by atoms with Gasteiger partial charge in [-0.3, -0.25) is 42.9 Å². The van der Waals surface area contributed by atoms with Crippen molar-refractivity contribution in [1.82, 2.24) is 41.0 Å². The van der Waals surface area contributed by atoms with Gasteiger partial charge in [-0.25, -0.2) is 4.98 Å². The molecular weight excluding hydrogens is 1150 g/mol. The van der Waals surface area contributed by atoms with E-state index in [1.807, 2.05) is 90.1 Å². The van der Waals surface area contributed by atoms with Crippen molar-refractivity contribution in [1.29, 1.82) is 0 Å². The van der Waals surface area contributed by atoms with Crippen LogP contribution in [-0.2, 0) is 57.6 Å². The van der Waals surface area contributed by atoms with Crippen molar-refractivity contribution in [2.24, 2.45) is 34.3 Å². The average molecular weight is 1230 g/mol. The highest BCUT2D eigenvalue weighted by atomic mass is 32.1. The Bertz CT molecular complexity index is 3480. The number of β-amino-alcohol motifs (C(OH)–C–C–N with tert-alkyl or cyclic N) is 1. The highest BCUT2D eigenvalue weighted by Gasteiger charge is 2.94. The number of nitrogens with two attached hydrogens (primary N) is 1. The number of hydrogen-bond donors (Lipinski definition) is 9. The lowest BCUT2D eigenvalue weighted by Gasteiger charge is -2.35. The Labute approximate surface area is 509 Å². The Morgan fingerprint density at radius 2 is 1.55 bits per heavy atom. The molecule has 11 atom stereocenters. The number of carbonyl (C=O) groups excluding carboxylic acids is 8. The van der Waals surface area contributed by atoms with Crippen molar-refractivity contribution in [3.8, 4) is 10.4 Å². The fourth-order valence-electron chi connectivity index (χ4n) is 12.8. The molecule has 10 N–H and O–H groups in total. The predicted molar refractivity (Wildman–Crippen MR) is 325 cm³/mol. The molecule has 3 saturated heterocycles. The number of aryl methyl sites for hydroxylation is 2. The van der Waals surface area contributed by atoms with Crippen LogP contribution in [0.5, 0.6) is 0 Å². The van der Waals surface area contributed by atoms with Gasteiger partial charge in [-0.05, 0) is 115 Å². The summed E-state index contributed by atoms with van der Waals surface area (Å²) in [6.07, 6.45) is 1.10. The number of unbranched alkanes of at least 4 members (excludes halogenated alkanes) is 1. The fourth-order valence-corrected chi connectivity index (χ4v) is 14.1. The van der Waals surface area contributed by atoms with Crippen molar-refractivity contribution in [2.75, 3.05) is 6.54 Å². The van der Waals surface area contributed by atoms with Gasteiger partial charge in [0, 0.05) is 60.8 Å². The molecule has 466 valence electrons. The molecule has 5 heterocycles. The number of primary amides is 1. The zero-order valence-electron chi connectivity index (χ0n) is 50.3. The zero-order chi connectivity index (χ0) is 63.0. The molecule has 0 radical (unpaired) electrons. The van der Waals surface area contributed by atoms with Gasteiger partial charge >= 0.3 is 7.60 Å². The number of piperidine rings is 1. The largest absolute Gasteiger partial charge is 0.396 e.